The number of nitrogens with one attached hydrogen (secondary N) is 2. The molecule has 2 aromatic heterocycles. The van der Waals surface area contributed by atoms with E-state index in [-0.39, 0.29) is 18.1 Å². The molecule has 1 aromatic carbocycles. The highest BCUT2D eigenvalue weighted by Crippen LogP contribution is 2.31. The third kappa shape index (κ3) is 5.30. The van der Waals surface area contributed by atoms with Crippen molar-refractivity contribution in [3.05, 3.63) is 47.9 Å². The SMILES string of the molecule is COc1cc(CN(C)C2CCOC2)ccc1-c1cc(Nc2cnc(C#N)cn2)n[nH]1.Cl. The van der Waals surface area contributed by atoms with Crippen LogP contribution in [0.15, 0.2) is 36.7 Å². The molecule has 9 nitrogen and oxygen atoms in total. The van der Waals surface area contributed by atoms with Crippen molar-refractivity contribution in [2.75, 3.05) is 32.7 Å². The van der Waals surface area contributed by atoms with Crippen molar-refractivity contribution >= 4 is 24.0 Å². The molecule has 4 rings (SSSR count). The standard InChI is InChI=1S/C21H23N7O2.ClH/c1-28(16-5-6-30-13-16)12-14-3-4-17(19(7-14)29-2)18-8-20(27-26-18)25-21-11-23-15(9-22)10-24-21;/h3-4,7-8,10-11,16H,5-6,12-13H2,1-2H3,(H2,24,25,26,27);1H. The van der Waals surface area contributed by atoms with Crippen LogP contribution in [0.4, 0.5) is 11.6 Å². The lowest BCUT2D eigenvalue weighted by Gasteiger charge is -2.23. The lowest BCUT2D eigenvalue weighted by atomic mass is 10.1. The largest absolute Gasteiger partial charge is 0.496 e. The maximum atomic E-state index is 8.81. The summed E-state index contributed by atoms with van der Waals surface area (Å²) < 4.78 is 11.1. The number of benzene rings is 1. The molecule has 1 unspecified atom stereocenters. The maximum Gasteiger partial charge on any atom is 0.158 e. The number of nitrogens with zero attached hydrogens (tertiary/aromatic N) is 5. The van der Waals surface area contributed by atoms with E-state index in [4.69, 9.17) is 14.7 Å². The highest BCUT2D eigenvalue weighted by atomic mass is 35.5. The van der Waals surface area contributed by atoms with Gasteiger partial charge in [0.1, 0.15) is 17.6 Å². The van der Waals surface area contributed by atoms with Crippen LogP contribution < -0.4 is 10.1 Å². The number of nitriles is 1. The Morgan fingerprint density at radius 1 is 1.29 bits per heavy atom. The molecule has 31 heavy (non-hydrogen) atoms. The summed E-state index contributed by atoms with van der Waals surface area (Å²) in [5.41, 5.74) is 3.18. The highest BCUT2D eigenvalue weighted by molar-refractivity contribution is 5.85. The van der Waals surface area contributed by atoms with Gasteiger partial charge in [0.05, 0.1) is 31.8 Å². The average molecular weight is 442 g/mol. The topological polar surface area (TPSA) is 112 Å². The first-order valence-electron chi connectivity index (χ1n) is 9.66. The van der Waals surface area contributed by atoms with Gasteiger partial charge in [-0.1, -0.05) is 6.07 Å². The fourth-order valence-electron chi connectivity index (χ4n) is 3.45. The Bertz CT molecular complexity index is 1040. The Labute approximate surface area is 186 Å². The number of aromatic nitrogens is 4. The van der Waals surface area contributed by atoms with E-state index < -0.39 is 0 Å². The molecule has 2 N–H and O–H groups in total. The Morgan fingerprint density at radius 2 is 2.16 bits per heavy atom. The van der Waals surface area contributed by atoms with Gasteiger partial charge in [0, 0.05) is 30.8 Å². The second kappa shape index (κ2) is 10.2. The van der Waals surface area contributed by atoms with Crippen molar-refractivity contribution in [2.24, 2.45) is 0 Å². The van der Waals surface area contributed by atoms with Crippen molar-refractivity contribution in [3.8, 4) is 23.1 Å². The van der Waals surface area contributed by atoms with E-state index in [1.165, 1.54) is 18.0 Å². The number of likely N-dealkylation sites (N-methyl/N-ethyl adjacent to an activating group) is 1. The number of aromatic amines is 1. The smallest absolute Gasteiger partial charge is 0.158 e. The monoisotopic (exact) mass is 441 g/mol. The molecule has 1 aliphatic heterocycles. The van der Waals surface area contributed by atoms with Crippen LogP contribution in [0.5, 0.6) is 5.75 Å². The van der Waals surface area contributed by atoms with Crippen LogP contribution in [0.2, 0.25) is 0 Å². The fraction of sp³-hybridized carbons (Fsp3) is 0.333. The number of halogens is 1. The molecule has 1 fully saturated rings. The predicted octanol–water partition coefficient (Wildman–Crippen LogP) is 3.13. The summed E-state index contributed by atoms with van der Waals surface area (Å²) in [6.07, 6.45) is 3.97. The summed E-state index contributed by atoms with van der Waals surface area (Å²) in [4.78, 5) is 10.5. The van der Waals surface area contributed by atoms with Crippen molar-refractivity contribution in [1.82, 2.24) is 25.1 Å². The number of hydrogen-bond donors (Lipinski definition) is 2. The summed E-state index contributed by atoms with van der Waals surface area (Å²) in [7, 11) is 3.79. The first kappa shape index (κ1) is 22.5. The zero-order valence-corrected chi connectivity index (χ0v) is 18.1. The van der Waals surface area contributed by atoms with E-state index in [2.05, 4.69) is 49.6 Å². The Kier molecular flexibility index (Phi) is 7.41. The Hall–Kier alpha value is -3.19. The molecule has 1 saturated heterocycles. The van der Waals surface area contributed by atoms with Crippen LogP contribution >= 0.6 is 12.4 Å². The van der Waals surface area contributed by atoms with Gasteiger partial charge in [-0.25, -0.2) is 9.97 Å². The van der Waals surface area contributed by atoms with Gasteiger partial charge >= 0.3 is 0 Å². The van der Waals surface area contributed by atoms with Crippen molar-refractivity contribution in [1.29, 1.82) is 5.26 Å². The van der Waals surface area contributed by atoms with E-state index in [9.17, 15) is 0 Å². The molecule has 1 aliphatic rings. The minimum Gasteiger partial charge on any atom is -0.496 e. The van der Waals surface area contributed by atoms with Gasteiger partial charge < -0.3 is 14.8 Å². The number of methoxy groups -OCH3 is 1. The maximum absolute atomic E-state index is 8.81. The van der Waals surface area contributed by atoms with Crippen molar-refractivity contribution < 1.29 is 9.47 Å². The summed E-state index contributed by atoms with van der Waals surface area (Å²) >= 11 is 0. The van der Waals surface area contributed by atoms with Gasteiger partial charge in [0.2, 0.25) is 0 Å². The average Bonchev–Trinajstić information content (AvgIpc) is 3.47. The van der Waals surface area contributed by atoms with Gasteiger partial charge in [-0.15, -0.1) is 12.4 Å². The van der Waals surface area contributed by atoms with Gasteiger partial charge in [0.25, 0.3) is 0 Å². The molecule has 0 aliphatic carbocycles. The predicted molar refractivity (Wildman–Crippen MR) is 119 cm³/mol. The lowest BCUT2D eigenvalue weighted by molar-refractivity contribution is 0.156. The van der Waals surface area contributed by atoms with Crippen LogP contribution in [0, 0.1) is 11.3 Å². The summed E-state index contributed by atoms with van der Waals surface area (Å²) in [6.45, 7) is 2.46. The van der Waals surface area contributed by atoms with Crippen molar-refractivity contribution in [3.63, 3.8) is 0 Å². The zero-order valence-electron chi connectivity index (χ0n) is 17.3. The quantitative estimate of drug-likeness (QED) is 0.575. The normalized spacial score (nSPS) is 15.4. The zero-order chi connectivity index (χ0) is 20.9. The van der Waals surface area contributed by atoms with E-state index in [1.54, 1.807) is 7.11 Å². The van der Waals surface area contributed by atoms with Crippen LogP contribution in [0.25, 0.3) is 11.3 Å². The highest BCUT2D eigenvalue weighted by Gasteiger charge is 2.20. The van der Waals surface area contributed by atoms with Crippen LogP contribution in [-0.4, -0.2) is 58.5 Å². The van der Waals surface area contributed by atoms with Gasteiger partial charge in [-0.05, 0) is 31.2 Å². The van der Waals surface area contributed by atoms with Crippen LogP contribution in [0.3, 0.4) is 0 Å². The first-order chi connectivity index (χ1) is 14.7. The number of H-pyrrole nitrogens is 1. The molecule has 0 radical (unpaired) electrons. The third-order valence-electron chi connectivity index (χ3n) is 5.12. The van der Waals surface area contributed by atoms with Gasteiger partial charge in [-0.2, -0.15) is 10.4 Å². The Morgan fingerprint density at radius 3 is 2.84 bits per heavy atom. The fourth-order valence-corrected chi connectivity index (χ4v) is 3.45. The third-order valence-corrected chi connectivity index (χ3v) is 5.12. The number of anilines is 2. The molecule has 3 aromatic rings. The summed E-state index contributed by atoms with van der Waals surface area (Å²) in [6, 6.07) is 10.5. The number of hydrogen-bond acceptors (Lipinski definition) is 8. The molecule has 3 heterocycles. The molecule has 0 bridgehead atoms. The van der Waals surface area contributed by atoms with Crippen LogP contribution in [0.1, 0.15) is 17.7 Å². The van der Waals surface area contributed by atoms with E-state index in [1.807, 2.05) is 18.2 Å². The first-order valence-corrected chi connectivity index (χ1v) is 9.66. The molecule has 0 spiro atoms. The van der Waals surface area contributed by atoms with E-state index >= 15 is 0 Å². The van der Waals surface area contributed by atoms with Gasteiger partial charge in [-0.3, -0.25) is 10.00 Å². The van der Waals surface area contributed by atoms with E-state index in [0.717, 1.165) is 43.2 Å². The minimum absolute atomic E-state index is 0. The number of rotatable bonds is 7. The molecule has 0 saturated carbocycles. The molecule has 10 heteroatoms. The molecular weight excluding hydrogens is 418 g/mol. The minimum atomic E-state index is 0. The Balaban J connectivity index is 0.00000272. The molecule has 1 atom stereocenters. The summed E-state index contributed by atoms with van der Waals surface area (Å²) in [5, 5.41) is 19.2. The number of ether oxygens (including phenoxy) is 2. The second-order valence-corrected chi connectivity index (χ2v) is 7.16. The molecule has 0 amide bonds. The van der Waals surface area contributed by atoms with Gasteiger partial charge in [0.15, 0.2) is 11.5 Å². The lowest BCUT2D eigenvalue weighted by Crippen LogP contribution is -2.31. The van der Waals surface area contributed by atoms with Crippen LogP contribution in [-0.2, 0) is 11.3 Å². The molecular formula is C21H24ClN7O2. The summed E-state index contributed by atoms with van der Waals surface area (Å²) in [5.74, 6) is 1.88. The molecule has 162 valence electrons. The second-order valence-electron chi connectivity index (χ2n) is 7.16. The van der Waals surface area contributed by atoms with Crippen molar-refractivity contribution in [2.45, 2.75) is 19.0 Å². The van der Waals surface area contributed by atoms with E-state index in [0.29, 0.717) is 17.7 Å².